The van der Waals surface area contributed by atoms with E-state index in [-0.39, 0.29) is 11.9 Å². The lowest BCUT2D eigenvalue weighted by Gasteiger charge is -2.23. The van der Waals surface area contributed by atoms with Crippen LogP contribution in [0.4, 0.5) is 0 Å². The van der Waals surface area contributed by atoms with Gasteiger partial charge in [-0.1, -0.05) is 71.8 Å². The SMILES string of the molecule is Cc1ccc(C(NC(=O)C(C)Oc2cc(C)c(Cl)c(C)c2)c2ccccc2)cc1. The standard InChI is InChI=1S/C25H26ClNO2/c1-16-10-12-21(13-11-16)24(20-8-6-5-7-9-20)27-25(28)19(4)29-22-14-17(2)23(26)18(3)15-22/h5-15,19,24H,1-4H3,(H,27,28). The minimum Gasteiger partial charge on any atom is -0.481 e. The second-order valence-electron chi connectivity index (χ2n) is 7.39. The third kappa shape index (κ3) is 5.18. The van der Waals surface area contributed by atoms with Gasteiger partial charge in [0.2, 0.25) is 0 Å². The van der Waals surface area contributed by atoms with Gasteiger partial charge in [0.1, 0.15) is 5.75 Å². The number of aryl methyl sites for hydroxylation is 3. The first-order chi connectivity index (χ1) is 13.8. The van der Waals surface area contributed by atoms with E-state index in [0.717, 1.165) is 27.3 Å². The molecular weight excluding hydrogens is 382 g/mol. The second kappa shape index (κ2) is 9.15. The lowest BCUT2D eigenvalue weighted by molar-refractivity contribution is -0.127. The molecule has 0 heterocycles. The van der Waals surface area contributed by atoms with Crippen LogP contribution in [0.5, 0.6) is 5.75 Å². The molecule has 0 saturated carbocycles. The number of carbonyl (C=O) groups is 1. The summed E-state index contributed by atoms with van der Waals surface area (Å²) in [5.41, 5.74) is 5.08. The smallest absolute Gasteiger partial charge is 0.261 e. The molecule has 0 bridgehead atoms. The average Bonchev–Trinajstić information content (AvgIpc) is 2.71. The zero-order valence-electron chi connectivity index (χ0n) is 17.2. The van der Waals surface area contributed by atoms with Crippen LogP contribution in [0.3, 0.4) is 0 Å². The molecule has 2 unspecified atom stereocenters. The number of amides is 1. The first-order valence-electron chi connectivity index (χ1n) is 9.70. The van der Waals surface area contributed by atoms with Crippen molar-refractivity contribution in [1.82, 2.24) is 5.32 Å². The predicted octanol–water partition coefficient (Wildman–Crippen LogP) is 5.94. The Bertz CT molecular complexity index is 960. The number of benzene rings is 3. The molecule has 3 aromatic carbocycles. The molecular formula is C25H26ClNO2. The second-order valence-corrected chi connectivity index (χ2v) is 7.77. The molecule has 0 fully saturated rings. The van der Waals surface area contributed by atoms with Gasteiger partial charge in [-0.3, -0.25) is 4.79 Å². The summed E-state index contributed by atoms with van der Waals surface area (Å²) in [6.07, 6.45) is -0.647. The molecule has 0 aromatic heterocycles. The third-order valence-corrected chi connectivity index (χ3v) is 5.52. The van der Waals surface area contributed by atoms with Crippen molar-refractivity contribution in [3.05, 3.63) is 99.6 Å². The summed E-state index contributed by atoms with van der Waals surface area (Å²) in [7, 11) is 0. The Morgan fingerprint density at radius 3 is 2.03 bits per heavy atom. The van der Waals surface area contributed by atoms with Crippen LogP contribution in [0.2, 0.25) is 5.02 Å². The monoisotopic (exact) mass is 407 g/mol. The van der Waals surface area contributed by atoms with Gasteiger partial charge in [-0.15, -0.1) is 0 Å². The van der Waals surface area contributed by atoms with Crippen LogP contribution in [-0.2, 0) is 4.79 Å². The zero-order valence-corrected chi connectivity index (χ0v) is 18.0. The molecule has 150 valence electrons. The molecule has 0 aliphatic carbocycles. The van der Waals surface area contributed by atoms with Crippen LogP contribution in [0, 0.1) is 20.8 Å². The van der Waals surface area contributed by atoms with E-state index in [0.29, 0.717) is 5.75 Å². The van der Waals surface area contributed by atoms with E-state index in [1.165, 1.54) is 5.56 Å². The fraction of sp³-hybridized carbons (Fsp3) is 0.240. The number of hydrogen-bond acceptors (Lipinski definition) is 2. The fourth-order valence-electron chi connectivity index (χ4n) is 3.25. The highest BCUT2D eigenvalue weighted by molar-refractivity contribution is 6.32. The Hall–Kier alpha value is -2.78. The van der Waals surface area contributed by atoms with E-state index in [4.69, 9.17) is 16.3 Å². The first-order valence-corrected chi connectivity index (χ1v) is 10.1. The number of rotatable bonds is 6. The minimum atomic E-state index is -0.647. The quantitative estimate of drug-likeness (QED) is 0.549. The predicted molar refractivity (Wildman–Crippen MR) is 119 cm³/mol. The summed E-state index contributed by atoms with van der Waals surface area (Å²) < 4.78 is 5.91. The van der Waals surface area contributed by atoms with Gasteiger partial charge in [-0.2, -0.15) is 0 Å². The highest BCUT2D eigenvalue weighted by Crippen LogP contribution is 2.27. The molecule has 0 aliphatic heterocycles. The van der Waals surface area contributed by atoms with Crippen molar-refractivity contribution in [3.63, 3.8) is 0 Å². The number of nitrogens with one attached hydrogen (secondary N) is 1. The topological polar surface area (TPSA) is 38.3 Å². The normalized spacial score (nSPS) is 12.9. The molecule has 0 spiro atoms. The van der Waals surface area contributed by atoms with Gasteiger partial charge in [0.05, 0.1) is 6.04 Å². The molecule has 3 rings (SSSR count). The molecule has 0 aliphatic rings. The Kier molecular flexibility index (Phi) is 6.60. The summed E-state index contributed by atoms with van der Waals surface area (Å²) in [5.74, 6) is 0.461. The van der Waals surface area contributed by atoms with Crippen molar-refractivity contribution in [2.75, 3.05) is 0 Å². The molecule has 1 amide bonds. The van der Waals surface area contributed by atoms with Gasteiger partial charge < -0.3 is 10.1 Å². The third-order valence-electron chi connectivity index (χ3n) is 4.92. The van der Waals surface area contributed by atoms with E-state index in [1.807, 2.05) is 75.4 Å². The average molecular weight is 408 g/mol. The van der Waals surface area contributed by atoms with Gasteiger partial charge in [0, 0.05) is 5.02 Å². The molecule has 0 radical (unpaired) electrons. The summed E-state index contributed by atoms with van der Waals surface area (Å²) in [4.78, 5) is 12.9. The molecule has 0 saturated heterocycles. The van der Waals surface area contributed by atoms with Crippen LogP contribution in [0.25, 0.3) is 0 Å². The van der Waals surface area contributed by atoms with Crippen LogP contribution >= 0.6 is 11.6 Å². The van der Waals surface area contributed by atoms with E-state index in [9.17, 15) is 4.79 Å². The van der Waals surface area contributed by atoms with Crippen LogP contribution in [-0.4, -0.2) is 12.0 Å². The highest BCUT2D eigenvalue weighted by atomic mass is 35.5. The molecule has 2 atom stereocenters. The van der Waals surface area contributed by atoms with Crippen molar-refractivity contribution in [1.29, 1.82) is 0 Å². The highest BCUT2D eigenvalue weighted by Gasteiger charge is 2.22. The van der Waals surface area contributed by atoms with Gasteiger partial charge in [-0.05, 0) is 62.1 Å². The fourth-order valence-corrected chi connectivity index (χ4v) is 3.36. The van der Waals surface area contributed by atoms with Crippen LogP contribution in [0.15, 0.2) is 66.7 Å². The summed E-state index contributed by atoms with van der Waals surface area (Å²) in [5, 5.41) is 3.86. The van der Waals surface area contributed by atoms with E-state index >= 15 is 0 Å². The van der Waals surface area contributed by atoms with Crippen molar-refractivity contribution in [3.8, 4) is 5.75 Å². The Labute approximate surface area is 177 Å². The zero-order chi connectivity index (χ0) is 21.0. The van der Waals surface area contributed by atoms with Gasteiger partial charge in [-0.25, -0.2) is 0 Å². The van der Waals surface area contributed by atoms with E-state index < -0.39 is 6.10 Å². The van der Waals surface area contributed by atoms with Crippen LogP contribution in [0.1, 0.15) is 40.8 Å². The van der Waals surface area contributed by atoms with Gasteiger partial charge in [0.25, 0.3) is 5.91 Å². The summed E-state index contributed by atoms with van der Waals surface area (Å²) >= 11 is 6.23. The molecule has 3 nitrogen and oxygen atoms in total. The Morgan fingerprint density at radius 1 is 0.897 bits per heavy atom. The first kappa shape index (κ1) is 20.9. The van der Waals surface area contributed by atoms with Crippen molar-refractivity contribution < 1.29 is 9.53 Å². The lowest BCUT2D eigenvalue weighted by Crippen LogP contribution is -2.39. The number of carbonyl (C=O) groups excluding carboxylic acids is 1. The lowest BCUT2D eigenvalue weighted by atomic mass is 9.97. The van der Waals surface area contributed by atoms with Crippen molar-refractivity contribution in [2.24, 2.45) is 0 Å². The van der Waals surface area contributed by atoms with Crippen LogP contribution < -0.4 is 10.1 Å². The van der Waals surface area contributed by atoms with Crippen molar-refractivity contribution >= 4 is 17.5 Å². The molecule has 3 aromatic rings. The Morgan fingerprint density at radius 2 is 1.45 bits per heavy atom. The maximum atomic E-state index is 12.9. The Balaban J connectivity index is 1.80. The number of halogens is 1. The van der Waals surface area contributed by atoms with E-state index in [1.54, 1.807) is 6.92 Å². The largest absolute Gasteiger partial charge is 0.481 e. The van der Waals surface area contributed by atoms with Gasteiger partial charge >= 0.3 is 0 Å². The number of hydrogen-bond donors (Lipinski definition) is 1. The van der Waals surface area contributed by atoms with Crippen molar-refractivity contribution in [2.45, 2.75) is 39.8 Å². The summed E-state index contributed by atoms with van der Waals surface area (Å²) in [6, 6.07) is 21.6. The molecule has 1 N–H and O–H groups in total. The van der Waals surface area contributed by atoms with E-state index in [2.05, 4.69) is 17.4 Å². The molecule has 29 heavy (non-hydrogen) atoms. The molecule has 4 heteroatoms. The minimum absolute atomic E-state index is 0.176. The summed E-state index contributed by atoms with van der Waals surface area (Å²) in [6.45, 7) is 7.66. The van der Waals surface area contributed by atoms with Gasteiger partial charge in [0.15, 0.2) is 6.10 Å². The maximum absolute atomic E-state index is 12.9. The maximum Gasteiger partial charge on any atom is 0.261 e. The number of ether oxygens (including phenoxy) is 1.